The van der Waals surface area contributed by atoms with Gasteiger partial charge in [-0.2, -0.15) is 0 Å². The lowest BCUT2D eigenvalue weighted by Gasteiger charge is -2.43. The number of hydrogen-bond acceptors (Lipinski definition) is 3. The van der Waals surface area contributed by atoms with Gasteiger partial charge in [0.25, 0.3) is 0 Å². The number of piperazine rings is 1. The smallest absolute Gasteiger partial charge is 0.0191 e. The SMILES string of the molecule is CCC1CCCC(N2CCN(C(C)CN)CC2)C1. The summed E-state index contributed by atoms with van der Waals surface area (Å²) >= 11 is 0. The molecule has 1 heterocycles. The summed E-state index contributed by atoms with van der Waals surface area (Å²) in [5, 5.41) is 0. The van der Waals surface area contributed by atoms with E-state index in [4.69, 9.17) is 5.73 Å². The molecule has 3 nitrogen and oxygen atoms in total. The van der Waals surface area contributed by atoms with Crippen LogP contribution in [0.15, 0.2) is 0 Å². The van der Waals surface area contributed by atoms with Crippen LogP contribution < -0.4 is 5.73 Å². The van der Waals surface area contributed by atoms with Gasteiger partial charge in [0, 0.05) is 44.8 Å². The largest absolute Gasteiger partial charge is 0.329 e. The first kappa shape index (κ1) is 14.3. The fourth-order valence-corrected chi connectivity index (χ4v) is 3.66. The molecule has 1 saturated carbocycles. The normalized spacial score (nSPS) is 33.5. The number of nitrogens with two attached hydrogens (primary N) is 1. The molecule has 2 N–H and O–H groups in total. The standard InChI is InChI=1S/C15H31N3/c1-3-14-5-4-6-15(11-14)18-9-7-17(8-10-18)13(2)12-16/h13-15H,3-12,16H2,1-2H3. The topological polar surface area (TPSA) is 32.5 Å². The van der Waals surface area contributed by atoms with Gasteiger partial charge in [0.15, 0.2) is 0 Å². The van der Waals surface area contributed by atoms with Crippen molar-refractivity contribution >= 4 is 0 Å². The highest BCUT2D eigenvalue weighted by Gasteiger charge is 2.29. The zero-order valence-corrected chi connectivity index (χ0v) is 12.3. The molecule has 3 atom stereocenters. The van der Waals surface area contributed by atoms with Crippen LogP contribution in [0.1, 0.15) is 46.0 Å². The summed E-state index contributed by atoms with van der Waals surface area (Å²) < 4.78 is 0. The molecule has 0 aromatic carbocycles. The first-order chi connectivity index (χ1) is 8.74. The highest BCUT2D eigenvalue weighted by molar-refractivity contribution is 4.84. The molecule has 3 heteroatoms. The molecule has 0 spiro atoms. The van der Waals surface area contributed by atoms with Gasteiger partial charge in [-0.25, -0.2) is 0 Å². The van der Waals surface area contributed by atoms with E-state index in [9.17, 15) is 0 Å². The van der Waals surface area contributed by atoms with Crippen molar-refractivity contribution in [3.05, 3.63) is 0 Å². The second-order valence-electron chi connectivity index (χ2n) is 6.25. The zero-order valence-electron chi connectivity index (χ0n) is 12.3. The summed E-state index contributed by atoms with van der Waals surface area (Å²) in [7, 11) is 0. The molecule has 0 bridgehead atoms. The molecular weight excluding hydrogens is 222 g/mol. The minimum atomic E-state index is 0.557. The quantitative estimate of drug-likeness (QED) is 0.831. The molecule has 2 aliphatic rings. The minimum Gasteiger partial charge on any atom is -0.329 e. The Hall–Kier alpha value is -0.120. The van der Waals surface area contributed by atoms with Crippen molar-refractivity contribution in [1.82, 2.24) is 9.80 Å². The van der Waals surface area contributed by atoms with E-state index >= 15 is 0 Å². The molecule has 1 aliphatic carbocycles. The predicted octanol–water partition coefficient (Wildman–Crippen LogP) is 1.92. The van der Waals surface area contributed by atoms with Gasteiger partial charge in [-0.3, -0.25) is 9.80 Å². The van der Waals surface area contributed by atoms with E-state index in [1.807, 2.05) is 0 Å². The second-order valence-corrected chi connectivity index (χ2v) is 6.25. The van der Waals surface area contributed by atoms with Crippen molar-refractivity contribution in [2.45, 2.75) is 58.0 Å². The zero-order chi connectivity index (χ0) is 13.0. The third-order valence-electron chi connectivity index (χ3n) is 5.16. The van der Waals surface area contributed by atoms with Gasteiger partial charge in [0.1, 0.15) is 0 Å². The van der Waals surface area contributed by atoms with Gasteiger partial charge in [-0.15, -0.1) is 0 Å². The number of hydrogen-bond donors (Lipinski definition) is 1. The first-order valence-electron chi connectivity index (χ1n) is 7.92. The Morgan fingerprint density at radius 3 is 2.50 bits per heavy atom. The summed E-state index contributed by atoms with van der Waals surface area (Å²) in [5.74, 6) is 0.991. The van der Waals surface area contributed by atoms with Crippen LogP contribution in [0.5, 0.6) is 0 Å². The Bertz CT molecular complexity index is 236. The van der Waals surface area contributed by atoms with E-state index in [1.54, 1.807) is 0 Å². The van der Waals surface area contributed by atoms with Crippen LogP contribution in [-0.2, 0) is 0 Å². The van der Waals surface area contributed by atoms with Crippen molar-refractivity contribution in [2.24, 2.45) is 11.7 Å². The monoisotopic (exact) mass is 253 g/mol. The molecule has 3 unspecified atom stereocenters. The molecule has 0 aromatic heterocycles. The molecule has 0 aromatic rings. The summed E-state index contributed by atoms with van der Waals surface area (Å²) in [6.07, 6.45) is 7.17. The van der Waals surface area contributed by atoms with E-state index in [2.05, 4.69) is 23.6 Å². The molecule has 18 heavy (non-hydrogen) atoms. The fraction of sp³-hybridized carbons (Fsp3) is 1.00. The van der Waals surface area contributed by atoms with Crippen LogP contribution in [0.2, 0.25) is 0 Å². The van der Waals surface area contributed by atoms with Gasteiger partial charge < -0.3 is 5.73 Å². The molecule has 0 amide bonds. The molecule has 0 radical (unpaired) electrons. The van der Waals surface area contributed by atoms with Crippen molar-refractivity contribution in [3.8, 4) is 0 Å². The fourth-order valence-electron chi connectivity index (χ4n) is 3.66. The third-order valence-corrected chi connectivity index (χ3v) is 5.16. The Balaban J connectivity index is 1.78. The van der Waals surface area contributed by atoms with Crippen molar-refractivity contribution in [3.63, 3.8) is 0 Å². The van der Waals surface area contributed by atoms with Crippen molar-refractivity contribution in [2.75, 3.05) is 32.7 Å². The third kappa shape index (κ3) is 3.46. The van der Waals surface area contributed by atoms with Crippen LogP contribution in [0, 0.1) is 5.92 Å². The van der Waals surface area contributed by atoms with Gasteiger partial charge in [0.05, 0.1) is 0 Å². The van der Waals surface area contributed by atoms with Crippen molar-refractivity contribution in [1.29, 1.82) is 0 Å². The van der Waals surface area contributed by atoms with Gasteiger partial charge >= 0.3 is 0 Å². The van der Waals surface area contributed by atoms with Crippen LogP contribution in [-0.4, -0.2) is 54.6 Å². The van der Waals surface area contributed by atoms with E-state index in [0.29, 0.717) is 6.04 Å². The average Bonchev–Trinajstić information content (AvgIpc) is 2.46. The second kappa shape index (κ2) is 6.88. The van der Waals surface area contributed by atoms with Gasteiger partial charge in [-0.1, -0.05) is 26.2 Å². The van der Waals surface area contributed by atoms with E-state index < -0.39 is 0 Å². The maximum absolute atomic E-state index is 5.76. The summed E-state index contributed by atoms with van der Waals surface area (Å²) in [5.41, 5.74) is 5.76. The predicted molar refractivity (Wildman–Crippen MR) is 77.7 cm³/mol. The van der Waals surface area contributed by atoms with Crippen LogP contribution in [0.3, 0.4) is 0 Å². The van der Waals surface area contributed by atoms with Gasteiger partial charge in [-0.05, 0) is 25.7 Å². The minimum absolute atomic E-state index is 0.557. The number of rotatable bonds is 4. The highest BCUT2D eigenvalue weighted by atomic mass is 15.3. The first-order valence-corrected chi connectivity index (χ1v) is 7.92. The maximum Gasteiger partial charge on any atom is 0.0191 e. The average molecular weight is 253 g/mol. The molecule has 1 saturated heterocycles. The Morgan fingerprint density at radius 2 is 1.89 bits per heavy atom. The van der Waals surface area contributed by atoms with E-state index in [-0.39, 0.29) is 0 Å². The van der Waals surface area contributed by atoms with Crippen LogP contribution >= 0.6 is 0 Å². The molecular formula is C15H31N3. The summed E-state index contributed by atoms with van der Waals surface area (Å²) in [6, 6.07) is 1.43. The Morgan fingerprint density at radius 1 is 1.17 bits per heavy atom. The van der Waals surface area contributed by atoms with E-state index in [0.717, 1.165) is 18.5 Å². The Labute approximate surface area is 113 Å². The van der Waals surface area contributed by atoms with Gasteiger partial charge in [0.2, 0.25) is 0 Å². The molecule has 1 aliphatic heterocycles. The number of nitrogens with zero attached hydrogens (tertiary/aromatic N) is 2. The van der Waals surface area contributed by atoms with Crippen LogP contribution in [0.25, 0.3) is 0 Å². The highest BCUT2D eigenvalue weighted by Crippen LogP contribution is 2.30. The molecule has 2 rings (SSSR count). The lowest BCUT2D eigenvalue weighted by Crippen LogP contribution is -2.54. The molecule has 106 valence electrons. The molecule has 2 fully saturated rings. The maximum atomic E-state index is 5.76. The lowest BCUT2D eigenvalue weighted by molar-refractivity contribution is 0.0521. The summed E-state index contributed by atoms with van der Waals surface area (Å²) in [6.45, 7) is 10.3. The van der Waals surface area contributed by atoms with E-state index in [1.165, 1.54) is 58.3 Å². The van der Waals surface area contributed by atoms with Crippen molar-refractivity contribution < 1.29 is 0 Å². The lowest BCUT2D eigenvalue weighted by atomic mass is 9.83. The Kier molecular flexibility index (Phi) is 5.46. The van der Waals surface area contributed by atoms with Crippen LogP contribution in [0.4, 0.5) is 0 Å². The summed E-state index contributed by atoms with van der Waals surface area (Å²) in [4.78, 5) is 5.30.